The largest absolute Gasteiger partial charge is 0.504 e. The van der Waals surface area contributed by atoms with E-state index in [0.717, 1.165) is 11.1 Å². The van der Waals surface area contributed by atoms with E-state index in [4.69, 9.17) is 4.74 Å². The fraction of sp³-hybridized carbons (Fsp3) is 0.500. The Labute approximate surface area is 112 Å². The van der Waals surface area contributed by atoms with Crippen LogP contribution in [-0.2, 0) is 11.3 Å². The summed E-state index contributed by atoms with van der Waals surface area (Å²) in [6, 6.07) is 3.30. The molecule has 0 saturated carbocycles. The van der Waals surface area contributed by atoms with Gasteiger partial charge in [0, 0.05) is 26.1 Å². The zero-order valence-electron chi connectivity index (χ0n) is 11.2. The number of benzene rings is 1. The van der Waals surface area contributed by atoms with E-state index >= 15 is 0 Å². The predicted octanol–water partition coefficient (Wildman–Crippen LogP) is 1.23. The standard InChI is InChI=1S/C14H19NO4/c1-9(16)3-4-15-7-10-5-14(19-2)12(17)6-11(10)13(18)8-15/h5-6,13,17-18H,3-4,7-8H2,1-2H3/t13-/m0/s1. The molecule has 0 spiro atoms. The van der Waals surface area contributed by atoms with Crippen LogP contribution < -0.4 is 4.74 Å². The van der Waals surface area contributed by atoms with E-state index in [1.165, 1.54) is 7.11 Å². The summed E-state index contributed by atoms with van der Waals surface area (Å²) in [4.78, 5) is 13.0. The fourth-order valence-corrected chi connectivity index (χ4v) is 2.37. The minimum Gasteiger partial charge on any atom is -0.504 e. The van der Waals surface area contributed by atoms with Crippen LogP contribution in [-0.4, -0.2) is 41.1 Å². The number of aliphatic hydroxyl groups is 1. The highest BCUT2D eigenvalue weighted by atomic mass is 16.5. The normalized spacial score (nSPS) is 19.0. The molecular weight excluding hydrogens is 246 g/mol. The van der Waals surface area contributed by atoms with Crippen molar-refractivity contribution < 1.29 is 19.7 Å². The Bertz CT molecular complexity index is 487. The molecule has 1 heterocycles. The summed E-state index contributed by atoms with van der Waals surface area (Å²) in [6.07, 6.45) is -0.162. The van der Waals surface area contributed by atoms with Crippen molar-refractivity contribution >= 4 is 5.78 Å². The number of ether oxygens (including phenoxy) is 1. The SMILES string of the molecule is COc1cc2c(cc1O)[C@@H](O)CN(CCC(C)=O)C2. The zero-order valence-corrected chi connectivity index (χ0v) is 11.2. The molecule has 0 bridgehead atoms. The van der Waals surface area contributed by atoms with E-state index in [2.05, 4.69) is 0 Å². The number of phenols is 1. The Kier molecular flexibility index (Phi) is 4.07. The van der Waals surface area contributed by atoms with Crippen LogP contribution >= 0.6 is 0 Å². The molecule has 0 aliphatic carbocycles. The topological polar surface area (TPSA) is 70.0 Å². The lowest BCUT2D eigenvalue weighted by molar-refractivity contribution is -0.117. The van der Waals surface area contributed by atoms with Crippen LogP contribution in [0.3, 0.4) is 0 Å². The van der Waals surface area contributed by atoms with Crippen molar-refractivity contribution in [3.8, 4) is 11.5 Å². The predicted molar refractivity (Wildman–Crippen MR) is 70.2 cm³/mol. The molecule has 1 aromatic carbocycles. The molecule has 0 saturated heterocycles. The number of nitrogens with zero attached hydrogens (tertiary/aromatic N) is 1. The molecule has 0 fully saturated rings. The Morgan fingerprint density at radius 1 is 1.53 bits per heavy atom. The third kappa shape index (κ3) is 3.05. The van der Waals surface area contributed by atoms with Gasteiger partial charge in [0.15, 0.2) is 11.5 Å². The van der Waals surface area contributed by atoms with Gasteiger partial charge in [0.25, 0.3) is 0 Å². The summed E-state index contributed by atoms with van der Waals surface area (Å²) in [5.41, 5.74) is 1.66. The molecule has 0 aromatic heterocycles. The van der Waals surface area contributed by atoms with Gasteiger partial charge in [0.05, 0.1) is 13.2 Å². The lowest BCUT2D eigenvalue weighted by Crippen LogP contribution is -2.34. The molecule has 2 rings (SSSR count). The van der Waals surface area contributed by atoms with Crippen LogP contribution in [0.2, 0.25) is 0 Å². The van der Waals surface area contributed by atoms with Crippen LogP contribution in [0.1, 0.15) is 30.6 Å². The van der Waals surface area contributed by atoms with Crippen molar-refractivity contribution in [2.45, 2.75) is 26.0 Å². The second kappa shape index (κ2) is 5.59. The number of carbonyl (C=O) groups is 1. The number of hydrogen-bond acceptors (Lipinski definition) is 5. The average Bonchev–Trinajstić information content (AvgIpc) is 2.36. The molecule has 104 valence electrons. The van der Waals surface area contributed by atoms with Crippen LogP contribution in [0.4, 0.5) is 0 Å². The number of methoxy groups -OCH3 is 1. The summed E-state index contributed by atoms with van der Waals surface area (Å²) in [6.45, 7) is 3.33. The Hall–Kier alpha value is -1.59. The number of β-amino-alcohol motifs (C(OH)–C–C–N with tert-alkyl or cyclic N) is 1. The van der Waals surface area contributed by atoms with E-state index in [9.17, 15) is 15.0 Å². The maximum atomic E-state index is 11.0. The van der Waals surface area contributed by atoms with Crippen molar-refractivity contribution in [3.05, 3.63) is 23.3 Å². The first kappa shape index (κ1) is 13.8. The molecule has 1 aromatic rings. The van der Waals surface area contributed by atoms with Crippen LogP contribution in [0.5, 0.6) is 11.5 Å². The molecule has 0 radical (unpaired) electrons. The van der Waals surface area contributed by atoms with Gasteiger partial charge in [-0.25, -0.2) is 0 Å². The molecule has 19 heavy (non-hydrogen) atoms. The number of aliphatic hydroxyl groups excluding tert-OH is 1. The number of fused-ring (bicyclic) bond motifs is 1. The highest BCUT2D eigenvalue weighted by Gasteiger charge is 2.25. The second-order valence-electron chi connectivity index (χ2n) is 4.93. The minimum atomic E-state index is -0.646. The lowest BCUT2D eigenvalue weighted by atomic mass is 9.96. The summed E-state index contributed by atoms with van der Waals surface area (Å²) in [7, 11) is 1.49. The van der Waals surface area contributed by atoms with Crippen molar-refractivity contribution in [2.75, 3.05) is 20.2 Å². The van der Waals surface area contributed by atoms with E-state index in [1.54, 1.807) is 19.1 Å². The maximum absolute atomic E-state index is 11.0. The highest BCUT2D eigenvalue weighted by Crippen LogP contribution is 2.35. The number of Topliss-reactive ketones (excluding diaryl/α,β-unsaturated/α-hetero) is 1. The number of rotatable bonds is 4. The lowest BCUT2D eigenvalue weighted by Gasteiger charge is -2.32. The van der Waals surface area contributed by atoms with E-state index in [-0.39, 0.29) is 11.5 Å². The van der Waals surface area contributed by atoms with Crippen molar-refractivity contribution in [1.29, 1.82) is 0 Å². The summed E-state index contributed by atoms with van der Waals surface area (Å²) in [5.74, 6) is 0.584. The molecule has 5 nitrogen and oxygen atoms in total. The van der Waals surface area contributed by atoms with E-state index in [0.29, 0.717) is 31.8 Å². The first-order valence-electron chi connectivity index (χ1n) is 6.31. The van der Waals surface area contributed by atoms with Gasteiger partial charge >= 0.3 is 0 Å². The first-order chi connectivity index (χ1) is 9.01. The van der Waals surface area contributed by atoms with E-state index in [1.807, 2.05) is 4.90 Å². The summed E-state index contributed by atoms with van der Waals surface area (Å²) >= 11 is 0. The van der Waals surface area contributed by atoms with Gasteiger partial charge in [-0.05, 0) is 30.2 Å². The van der Waals surface area contributed by atoms with Crippen LogP contribution in [0.15, 0.2) is 12.1 Å². The monoisotopic (exact) mass is 265 g/mol. The quantitative estimate of drug-likeness (QED) is 0.857. The Morgan fingerprint density at radius 3 is 2.89 bits per heavy atom. The molecule has 0 amide bonds. The minimum absolute atomic E-state index is 0.0393. The Balaban J connectivity index is 2.20. The number of hydrogen-bond donors (Lipinski definition) is 2. The molecule has 2 N–H and O–H groups in total. The average molecular weight is 265 g/mol. The van der Waals surface area contributed by atoms with Crippen molar-refractivity contribution in [1.82, 2.24) is 4.90 Å². The molecule has 1 aliphatic rings. The van der Waals surface area contributed by atoms with Gasteiger partial charge in [0.1, 0.15) is 5.78 Å². The van der Waals surface area contributed by atoms with Gasteiger partial charge in [-0.2, -0.15) is 0 Å². The van der Waals surface area contributed by atoms with Gasteiger partial charge in [-0.3, -0.25) is 9.69 Å². The van der Waals surface area contributed by atoms with Crippen molar-refractivity contribution in [2.24, 2.45) is 0 Å². The molecule has 1 atom stereocenters. The number of carbonyl (C=O) groups excluding carboxylic acids is 1. The van der Waals surface area contributed by atoms with Gasteiger partial charge < -0.3 is 14.9 Å². The fourth-order valence-electron chi connectivity index (χ4n) is 2.37. The summed E-state index contributed by atoms with van der Waals surface area (Å²) in [5, 5.41) is 19.8. The van der Waals surface area contributed by atoms with Gasteiger partial charge in [0.2, 0.25) is 0 Å². The van der Waals surface area contributed by atoms with Gasteiger partial charge in [-0.1, -0.05) is 0 Å². The van der Waals surface area contributed by atoms with Crippen molar-refractivity contribution in [3.63, 3.8) is 0 Å². The number of aromatic hydroxyl groups is 1. The van der Waals surface area contributed by atoms with Gasteiger partial charge in [-0.15, -0.1) is 0 Å². The third-order valence-corrected chi connectivity index (χ3v) is 3.40. The summed E-state index contributed by atoms with van der Waals surface area (Å²) < 4.78 is 5.08. The Morgan fingerprint density at radius 2 is 2.26 bits per heavy atom. The molecule has 0 unspecified atom stereocenters. The van der Waals surface area contributed by atoms with E-state index < -0.39 is 6.10 Å². The molecule has 1 aliphatic heterocycles. The highest BCUT2D eigenvalue weighted by molar-refractivity contribution is 5.75. The maximum Gasteiger partial charge on any atom is 0.160 e. The number of ketones is 1. The van der Waals surface area contributed by atoms with Crippen LogP contribution in [0.25, 0.3) is 0 Å². The molecular formula is C14H19NO4. The first-order valence-corrected chi connectivity index (χ1v) is 6.31. The number of phenolic OH excluding ortho intramolecular Hbond substituents is 1. The molecule has 5 heteroatoms. The van der Waals surface area contributed by atoms with Crippen LogP contribution in [0, 0.1) is 0 Å². The third-order valence-electron chi connectivity index (χ3n) is 3.40. The second-order valence-corrected chi connectivity index (χ2v) is 4.93. The zero-order chi connectivity index (χ0) is 14.0. The smallest absolute Gasteiger partial charge is 0.160 e.